The summed E-state index contributed by atoms with van der Waals surface area (Å²) >= 11 is 0. The zero-order valence-electron chi connectivity index (χ0n) is 16.2. The van der Waals surface area contributed by atoms with E-state index in [0.29, 0.717) is 23.0 Å². The Labute approximate surface area is 169 Å². The molecule has 5 heteroatoms. The van der Waals surface area contributed by atoms with Gasteiger partial charge < -0.3 is 9.84 Å². The maximum atomic E-state index is 13.3. The second-order valence-electron chi connectivity index (χ2n) is 6.73. The average Bonchev–Trinajstić information content (AvgIpc) is 3.05. The Bertz CT molecular complexity index is 1130. The smallest absolute Gasteiger partial charge is 0.282 e. The van der Waals surface area contributed by atoms with Crippen molar-refractivity contribution in [1.29, 1.82) is 0 Å². The zero-order valence-corrected chi connectivity index (χ0v) is 16.2. The van der Waals surface area contributed by atoms with Gasteiger partial charge in [-0.1, -0.05) is 42.0 Å². The minimum Gasteiger partial charge on any atom is -0.508 e. The Kier molecular flexibility index (Phi) is 4.87. The molecule has 29 heavy (non-hydrogen) atoms. The number of anilines is 1. The third-order valence-corrected chi connectivity index (χ3v) is 4.68. The molecule has 0 spiro atoms. The topological polar surface area (TPSA) is 62.1 Å². The number of methoxy groups -OCH3 is 1. The summed E-state index contributed by atoms with van der Waals surface area (Å²) in [5, 5.41) is 9.63. The number of ether oxygens (including phenoxy) is 1. The molecule has 5 nitrogen and oxygen atoms in total. The lowest BCUT2D eigenvalue weighted by Gasteiger charge is -2.19. The van der Waals surface area contributed by atoms with Gasteiger partial charge in [0.2, 0.25) is 0 Å². The van der Waals surface area contributed by atoms with Crippen LogP contribution in [0.3, 0.4) is 0 Å². The van der Waals surface area contributed by atoms with Crippen LogP contribution >= 0.6 is 0 Å². The lowest BCUT2D eigenvalue weighted by molar-refractivity contribution is -0.113. The molecule has 0 bridgehead atoms. The average molecular weight is 384 g/mol. The van der Waals surface area contributed by atoms with E-state index in [1.807, 2.05) is 55.5 Å². The number of phenols is 1. The van der Waals surface area contributed by atoms with Crippen LogP contribution in [0.25, 0.3) is 6.08 Å². The highest BCUT2D eigenvalue weighted by molar-refractivity contribution is 6.33. The Balaban J connectivity index is 1.85. The van der Waals surface area contributed by atoms with E-state index in [-0.39, 0.29) is 11.7 Å². The maximum Gasteiger partial charge on any atom is 0.282 e. The van der Waals surface area contributed by atoms with Gasteiger partial charge in [0.1, 0.15) is 23.0 Å². The Hall–Kier alpha value is -3.86. The summed E-state index contributed by atoms with van der Waals surface area (Å²) in [5.41, 5.74) is 3.65. The number of hydrogen-bond donors (Lipinski definition) is 1. The summed E-state index contributed by atoms with van der Waals surface area (Å²) in [4.78, 5) is 19.5. The van der Waals surface area contributed by atoms with Crippen LogP contribution in [0.1, 0.15) is 16.7 Å². The van der Waals surface area contributed by atoms with Crippen molar-refractivity contribution in [2.75, 3.05) is 12.0 Å². The van der Waals surface area contributed by atoms with E-state index in [2.05, 4.69) is 4.99 Å². The predicted octanol–water partition coefficient (Wildman–Crippen LogP) is 4.54. The van der Waals surface area contributed by atoms with Gasteiger partial charge in [0, 0.05) is 11.1 Å². The number of aromatic hydroxyl groups is 1. The summed E-state index contributed by atoms with van der Waals surface area (Å²) < 4.78 is 5.40. The van der Waals surface area contributed by atoms with Crippen molar-refractivity contribution in [3.05, 3.63) is 95.2 Å². The molecule has 144 valence electrons. The van der Waals surface area contributed by atoms with Crippen molar-refractivity contribution in [1.82, 2.24) is 0 Å². The van der Waals surface area contributed by atoms with E-state index in [4.69, 9.17) is 4.74 Å². The monoisotopic (exact) mass is 384 g/mol. The zero-order chi connectivity index (χ0) is 20.4. The fourth-order valence-corrected chi connectivity index (χ4v) is 3.27. The van der Waals surface area contributed by atoms with Gasteiger partial charge in [-0.15, -0.1) is 0 Å². The number of benzene rings is 3. The van der Waals surface area contributed by atoms with E-state index in [0.717, 1.165) is 16.7 Å². The number of amides is 1. The van der Waals surface area contributed by atoms with Crippen molar-refractivity contribution >= 4 is 23.5 Å². The lowest BCUT2D eigenvalue weighted by Crippen LogP contribution is -2.32. The second-order valence-corrected chi connectivity index (χ2v) is 6.73. The number of hydrogen-bond acceptors (Lipinski definition) is 4. The number of rotatable bonds is 4. The molecule has 4 rings (SSSR count). The van der Waals surface area contributed by atoms with Gasteiger partial charge in [0.15, 0.2) is 0 Å². The van der Waals surface area contributed by atoms with E-state index in [9.17, 15) is 9.90 Å². The number of carbonyl (C=O) groups excluding carboxylic acids is 1. The molecular weight excluding hydrogens is 364 g/mol. The molecule has 0 aromatic heterocycles. The minimum absolute atomic E-state index is 0.138. The number of aryl methyl sites for hydroxylation is 1. The van der Waals surface area contributed by atoms with E-state index in [1.165, 1.54) is 0 Å². The molecule has 1 aliphatic rings. The number of carbonyl (C=O) groups is 1. The third kappa shape index (κ3) is 3.62. The van der Waals surface area contributed by atoms with Crippen LogP contribution in [0.4, 0.5) is 5.69 Å². The van der Waals surface area contributed by atoms with Crippen molar-refractivity contribution in [3.63, 3.8) is 0 Å². The number of nitrogens with zero attached hydrogens (tertiary/aromatic N) is 2. The molecule has 3 aromatic carbocycles. The molecule has 0 fully saturated rings. The molecule has 0 aliphatic carbocycles. The standard InChI is InChI=1S/C24H20N2O3/c1-16-6-5-8-18(14-16)23-25-21(15-17-7-3-4-9-22(17)29-2)24(28)26(23)19-10-12-20(27)13-11-19/h3-15,27H,1-2H3/b21-15+. The predicted molar refractivity (Wildman–Crippen MR) is 114 cm³/mol. The van der Waals surface area contributed by atoms with Crippen LogP contribution in [-0.4, -0.2) is 24.0 Å². The highest BCUT2D eigenvalue weighted by atomic mass is 16.5. The molecule has 3 aromatic rings. The second kappa shape index (κ2) is 7.64. The summed E-state index contributed by atoms with van der Waals surface area (Å²) in [6, 6.07) is 21.8. The summed E-state index contributed by atoms with van der Waals surface area (Å²) in [5.74, 6) is 1.12. The Morgan fingerprint density at radius 1 is 1.00 bits per heavy atom. The summed E-state index contributed by atoms with van der Waals surface area (Å²) in [6.07, 6.45) is 1.73. The highest BCUT2D eigenvalue weighted by Gasteiger charge is 2.32. The minimum atomic E-state index is -0.238. The first-order valence-corrected chi connectivity index (χ1v) is 9.21. The van der Waals surface area contributed by atoms with Crippen molar-refractivity contribution in [2.24, 2.45) is 4.99 Å². The van der Waals surface area contributed by atoms with Gasteiger partial charge in [0.25, 0.3) is 5.91 Å². The first-order valence-electron chi connectivity index (χ1n) is 9.21. The molecule has 1 N–H and O–H groups in total. The number of para-hydroxylation sites is 1. The molecular formula is C24H20N2O3. The fraction of sp³-hybridized carbons (Fsp3) is 0.0833. The van der Waals surface area contributed by atoms with E-state index in [1.54, 1.807) is 42.4 Å². The Morgan fingerprint density at radius 3 is 2.48 bits per heavy atom. The van der Waals surface area contributed by atoms with Gasteiger partial charge in [-0.3, -0.25) is 9.69 Å². The van der Waals surface area contributed by atoms with Crippen LogP contribution in [0.5, 0.6) is 11.5 Å². The molecule has 1 amide bonds. The van der Waals surface area contributed by atoms with Crippen molar-refractivity contribution in [2.45, 2.75) is 6.92 Å². The first kappa shape index (κ1) is 18.5. The summed E-state index contributed by atoms with van der Waals surface area (Å²) in [6.45, 7) is 2.00. The van der Waals surface area contributed by atoms with Gasteiger partial charge >= 0.3 is 0 Å². The molecule has 1 aliphatic heterocycles. The SMILES string of the molecule is COc1ccccc1/C=C1/N=C(c2cccc(C)c2)N(c2ccc(O)cc2)C1=O. The fourth-order valence-electron chi connectivity index (χ4n) is 3.27. The molecule has 0 atom stereocenters. The van der Waals surface area contributed by atoms with Gasteiger partial charge in [-0.25, -0.2) is 4.99 Å². The van der Waals surface area contributed by atoms with Crippen LogP contribution in [0.15, 0.2) is 83.5 Å². The number of aliphatic imine (C=N–C) groups is 1. The van der Waals surface area contributed by atoms with Crippen LogP contribution < -0.4 is 9.64 Å². The van der Waals surface area contributed by atoms with Gasteiger partial charge in [0.05, 0.1) is 12.8 Å². The van der Waals surface area contributed by atoms with Crippen LogP contribution in [-0.2, 0) is 4.79 Å². The van der Waals surface area contributed by atoms with Crippen molar-refractivity contribution < 1.29 is 14.6 Å². The number of phenolic OH excluding ortho intramolecular Hbond substituents is 1. The van der Waals surface area contributed by atoms with E-state index < -0.39 is 0 Å². The largest absolute Gasteiger partial charge is 0.508 e. The lowest BCUT2D eigenvalue weighted by atomic mass is 10.1. The normalized spacial score (nSPS) is 15.0. The molecule has 0 unspecified atom stereocenters. The molecule has 0 radical (unpaired) electrons. The first-order chi connectivity index (χ1) is 14.1. The van der Waals surface area contributed by atoms with Gasteiger partial charge in [-0.2, -0.15) is 0 Å². The van der Waals surface area contributed by atoms with Crippen molar-refractivity contribution in [3.8, 4) is 11.5 Å². The molecule has 1 heterocycles. The quantitative estimate of drug-likeness (QED) is 0.672. The molecule has 0 saturated heterocycles. The highest BCUT2D eigenvalue weighted by Crippen LogP contribution is 2.30. The van der Waals surface area contributed by atoms with Gasteiger partial charge in [-0.05, 0) is 49.4 Å². The van der Waals surface area contributed by atoms with Crippen LogP contribution in [0.2, 0.25) is 0 Å². The third-order valence-electron chi connectivity index (χ3n) is 4.68. The maximum absolute atomic E-state index is 13.3. The van der Waals surface area contributed by atoms with E-state index >= 15 is 0 Å². The summed E-state index contributed by atoms with van der Waals surface area (Å²) in [7, 11) is 1.60. The number of amidine groups is 1. The molecule has 0 saturated carbocycles. The Morgan fingerprint density at radius 2 is 1.76 bits per heavy atom. The van der Waals surface area contributed by atoms with Crippen LogP contribution in [0, 0.1) is 6.92 Å².